The van der Waals surface area contributed by atoms with Crippen LogP contribution in [0.5, 0.6) is 0 Å². The second kappa shape index (κ2) is 9.60. The van der Waals surface area contributed by atoms with Crippen LogP contribution in [0.3, 0.4) is 0 Å². The van der Waals surface area contributed by atoms with E-state index in [-0.39, 0.29) is 0 Å². The van der Waals surface area contributed by atoms with Gasteiger partial charge in [-0.25, -0.2) is 0 Å². The van der Waals surface area contributed by atoms with Crippen LogP contribution in [0.25, 0.3) is 0 Å². The fraction of sp³-hybridized carbons (Fsp3) is 0.722. The van der Waals surface area contributed by atoms with E-state index in [0.717, 1.165) is 50.9 Å². The zero-order valence-corrected chi connectivity index (χ0v) is 14.6. The lowest BCUT2D eigenvalue weighted by Crippen LogP contribution is -2.43. The van der Waals surface area contributed by atoms with E-state index in [2.05, 4.69) is 22.5 Å². The van der Waals surface area contributed by atoms with Crippen LogP contribution in [0.1, 0.15) is 44.8 Å². The molecule has 0 unspecified atom stereocenters. The first-order valence-electron chi connectivity index (χ1n) is 8.83. The van der Waals surface area contributed by atoms with Crippen LogP contribution >= 0.6 is 0 Å². The van der Waals surface area contributed by atoms with Gasteiger partial charge in [0.25, 0.3) is 0 Å². The SMILES string of the molecule is CCOCCC1(CNC(=NC)NCCc2ccco2)CCCC1. The van der Waals surface area contributed by atoms with Gasteiger partial charge in [-0.1, -0.05) is 12.8 Å². The van der Waals surface area contributed by atoms with Crippen LogP contribution in [0.4, 0.5) is 0 Å². The quantitative estimate of drug-likeness (QED) is 0.417. The van der Waals surface area contributed by atoms with Crippen LogP contribution in [0.2, 0.25) is 0 Å². The molecule has 23 heavy (non-hydrogen) atoms. The monoisotopic (exact) mass is 321 g/mol. The minimum absolute atomic E-state index is 0.369. The molecule has 0 saturated heterocycles. The van der Waals surface area contributed by atoms with Gasteiger partial charge < -0.3 is 19.8 Å². The molecular weight excluding hydrogens is 290 g/mol. The average molecular weight is 321 g/mol. The predicted molar refractivity (Wildman–Crippen MR) is 93.8 cm³/mol. The van der Waals surface area contributed by atoms with E-state index in [1.807, 2.05) is 19.2 Å². The van der Waals surface area contributed by atoms with Gasteiger partial charge >= 0.3 is 0 Å². The van der Waals surface area contributed by atoms with Gasteiger partial charge in [-0.15, -0.1) is 0 Å². The Morgan fingerprint density at radius 1 is 1.35 bits per heavy atom. The molecular formula is C18H31N3O2. The highest BCUT2D eigenvalue weighted by molar-refractivity contribution is 5.79. The summed E-state index contributed by atoms with van der Waals surface area (Å²) in [4.78, 5) is 4.33. The highest BCUT2D eigenvalue weighted by Crippen LogP contribution is 2.40. The third-order valence-electron chi connectivity index (χ3n) is 4.74. The lowest BCUT2D eigenvalue weighted by molar-refractivity contribution is 0.105. The standard InChI is InChI=1S/C18H31N3O2/c1-3-22-14-11-18(9-4-5-10-18)15-21-17(19-2)20-12-8-16-7-6-13-23-16/h6-7,13H,3-5,8-12,14-15H2,1-2H3,(H2,19,20,21). The summed E-state index contributed by atoms with van der Waals surface area (Å²) in [5.41, 5.74) is 0.369. The van der Waals surface area contributed by atoms with Crippen LogP contribution in [-0.2, 0) is 11.2 Å². The van der Waals surface area contributed by atoms with Gasteiger partial charge in [-0.3, -0.25) is 4.99 Å². The molecule has 0 atom stereocenters. The molecule has 1 fully saturated rings. The molecule has 0 aliphatic heterocycles. The fourth-order valence-corrected chi connectivity index (χ4v) is 3.32. The maximum atomic E-state index is 5.58. The Bertz CT molecular complexity index is 451. The molecule has 0 aromatic carbocycles. The molecule has 0 bridgehead atoms. The van der Waals surface area contributed by atoms with Gasteiger partial charge in [0.2, 0.25) is 0 Å². The molecule has 5 heteroatoms. The van der Waals surface area contributed by atoms with Crippen molar-refractivity contribution < 1.29 is 9.15 Å². The molecule has 1 saturated carbocycles. The van der Waals surface area contributed by atoms with Crippen LogP contribution in [0, 0.1) is 5.41 Å². The Labute approximate surface area is 139 Å². The van der Waals surface area contributed by atoms with E-state index in [1.54, 1.807) is 6.26 Å². The third-order valence-corrected chi connectivity index (χ3v) is 4.74. The minimum atomic E-state index is 0.369. The maximum Gasteiger partial charge on any atom is 0.191 e. The fourth-order valence-electron chi connectivity index (χ4n) is 3.32. The zero-order chi connectivity index (χ0) is 16.4. The van der Waals surface area contributed by atoms with Gasteiger partial charge in [-0.05, 0) is 43.7 Å². The Kier molecular flexibility index (Phi) is 7.46. The smallest absolute Gasteiger partial charge is 0.191 e. The van der Waals surface area contributed by atoms with Crippen molar-refractivity contribution in [3.05, 3.63) is 24.2 Å². The van der Waals surface area contributed by atoms with E-state index < -0.39 is 0 Å². The number of hydrogen-bond acceptors (Lipinski definition) is 3. The van der Waals surface area contributed by atoms with E-state index in [1.165, 1.54) is 25.7 Å². The Balaban J connectivity index is 1.73. The summed E-state index contributed by atoms with van der Waals surface area (Å²) in [7, 11) is 1.82. The molecule has 130 valence electrons. The van der Waals surface area contributed by atoms with Crippen molar-refractivity contribution in [3.8, 4) is 0 Å². The maximum absolute atomic E-state index is 5.58. The number of hydrogen-bond donors (Lipinski definition) is 2. The predicted octanol–water partition coefficient (Wildman–Crippen LogP) is 2.97. The highest BCUT2D eigenvalue weighted by atomic mass is 16.5. The van der Waals surface area contributed by atoms with Crippen molar-refractivity contribution in [3.63, 3.8) is 0 Å². The molecule has 1 aromatic rings. The summed E-state index contributed by atoms with van der Waals surface area (Å²) in [6.45, 7) is 5.52. The van der Waals surface area contributed by atoms with E-state index in [0.29, 0.717) is 5.41 Å². The number of rotatable bonds is 9. The van der Waals surface area contributed by atoms with Crippen molar-refractivity contribution in [1.82, 2.24) is 10.6 Å². The summed E-state index contributed by atoms with van der Waals surface area (Å²) < 4.78 is 10.9. The zero-order valence-electron chi connectivity index (χ0n) is 14.6. The summed E-state index contributed by atoms with van der Waals surface area (Å²) in [6, 6.07) is 3.92. The molecule has 5 nitrogen and oxygen atoms in total. The Morgan fingerprint density at radius 3 is 2.83 bits per heavy atom. The number of guanidine groups is 1. The van der Waals surface area contributed by atoms with E-state index >= 15 is 0 Å². The molecule has 1 aliphatic carbocycles. The van der Waals surface area contributed by atoms with Crippen molar-refractivity contribution in [2.45, 2.75) is 45.4 Å². The van der Waals surface area contributed by atoms with Gasteiger partial charge in [0.1, 0.15) is 5.76 Å². The summed E-state index contributed by atoms with van der Waals surface area (Å²) in [5.74, 6) is 1.87. The molecule has 1 aromatic heterocycles. The summed E-state index contributed by atoms with van der Waals surface area (Å²) in [6.07, 6.45) is 8.95. The molecule has 2 rings (SSSR count). The lowest BCUT2D eigenvalue weighted by Gasteiger charge is -2.30. The van der Waals surface area contributed by atoms with E-state index in [4.69, 9.17) is 9.15 Å². The minimum Gasteiger partial charge on any atom is -0.469 e. The number of aliphatic imine (C=N–C) groups is 1. The van der Waals surface area contributed by atoms with Crippen molar-refractivity contribution in [1.29, 1.82) is 0 Å². The normalized spacial score (nSPS) is 17.4. The largest absolute Gasteiger partial charge is 0.469 e. The molecule has 1 aliphatic rings. The molecule has 1 heterocycles. The third kappa shape index (κ3) is 5.90. The van der Waals surface area contributed by atoms with Gasteiger partial charge in [0.15, 0.2) is 5.96 Å². The van der Waals surface area contributed by atoms with Crippen molar-refractivity contribution in [2.75, 3.05) is 33.4 Å². The first kappa shape index (κ1) is 17.9. The molecule has 0 spiro atoms. The van der Waals surface area contributed by atoms with Crippen LogP contribution in [-0.4, -0.2) is 39.3 Å². The summed E-state index contributed by atoms with van der Waals surface area (Å²) in [5, 5.41) is 6.88. The topological polar surface area (TPSA) is 58.8 Å². The highest BCUT2D eigenvalue weighted by Gasteiger charge is 2.33. The number of ether oxygens (including phenoxy) is 1. The average Bonchev–Trinajstić information content (AvgIpc) is 3.23. The molecule has 0 radical (unpaired) electrons. The lowest BCUT2D eigenvalue weighted by atomic mass is 9.83. The summed E-state index contributed by atoms with van der Waals surface area (Å²) >= 11 is 0. The Morgan fingerprint density at radius 2 is 2.17 bits per heavy atom. The van der Waals surface area contributed by atoms with Crippen LogP contribution in [0.15, 0.2) is 27.8 Å². The van der Waals surface area contributed by atoms with Gasteiger partial charge in [0.05, 0.1) is 6.26 Å². The van der Waals surface area contributed by atoms with Crippen molar-refractivity contribution in [2.24, 2.45) is 10.4 Å². The van der Waals surface area contributed by atoms with Crippen LogP contribution < -0.4 is 10.6 Å². The number of nitrogens with one attached hydrogen (secondary N) is 2. The molecule has 2 N–H and O–H groups in total. The molecule has 0 amide bonds. The second-order valence-corrected chi connectivity index (χ2v) is 6.34. The van der Waals surface area contributed by atoms with Gasteiger partial charge in [0, 0.05) is 39.8 Å². The van der Waals surface area contributed by atoms with Gasteiger partial charge in [-0.2, -0.15) is 0 Å². The first-order valence-corrected chi connectivity index (χ1v) is 8.83. The number of furan rings is 1. The van der Waals surface area contributed by atoms with E-state index in [9.17, 15) is 0 Å². The Hall–Kier alpha value is -1.49. The number of nitrogens with zero attached hydrogens (tertiary/aromatic N) is 1. The second-order valence-electron chi connectivity index (χ2n) is 6.34. The van der Waals surface area contributed by atoms with Crippen molar-refractivity contribution >= 4 is 5.96 Å². The first-order chi connectivity index (χ1) is 11.3.